The van der Waals surface area contributed by atoms with Crippen LogP contribution in [0.25, 0.3) is 21.8 Å². The van der Waals surface area contributed by atoms with Crippen LogP contribution in [-0.2, 0) is 6.54 Å². The lowest BCUT2D eigenvalue weighted by atomic mass is 10.00. The van der Waals surface area contributed by atoms with Crippen LogP contribution in [0.15, 0.2) is 36.4 Å². The molecular weight excluding hydrogens is 266 g/mol. The molecule has 1 aromatic heterocycles. The number of hydrogen-bond donors (Lipinski definition) is 0. The molecule has 0 radical (unpaired) electrons. The van der Waals surface area contributed by atoms with Gasteiger partial charge in [-0.05, 0) is 41.5 Å². The molecule has 1 heterocycles. The molecule has 1 nitrogen and oxygen atoms in total. The lowest BCUT2D eigenvalue weighted by molar-refractivity contribution is 0.722. The van der Waals surface area contributed by atoms with Crippen molar-refractivity contribution in [3.8, 4) is 0 Å². The van der Waals surface area contributed by atoms with E-state index in [1.165, 1.54) is 32.9 Å². The van der Waals surface area contributed by atoms with Crippen LogP contribution >= 0.6 is 0 Å². The number of benzene rings is 2. The van der Waals surface area contributed by atoms with E-state index in [0.29, 0.717) is 11.8 Å². The van der Waals surface area contributed by atoms with Gasteiger partial charge in [-0.2, -0.15) is 0 Å². The molecular formula is C21H27N. The van der Waals surface area contributed by atoms with Gasteiger partial charge in [-0.25, -0.2) is 0 Å². The summed E-state index contributed by atoms with van der Waals surface area (Å²) in [6.07, 6.45) is 1.16. The highest BCUT2D eigenvalue weighted by molar-refractivity contribution is 6.08. The van der Waals surface area contributed by atoms with E-state index in [9.17, 15) is 0 Å². The van der Waals surface area contributed by atoms with Crippen molar-refractivity contribution in [1.29, 1.82) is 0 Å². The van der Waals surface area contributed by atoms with E-state index < -0.39 is 0 Å². The molecule has 0 N–H and O–H groups in total. The molecule has 22 heavy (non-hydrogen) atoms. The summed E-state index contributed by atoms with van der Waals surface area (Å²) in [6.45, 7) is 12.4. The molecule has 0 aliphatic heterocycles. The maximum atomic E-state index is 2.52. The summed E-state index contributed by atoms with van der Waals surface area (Å²) in [5.74, 6) is 1.15. The van der Waals surface area contributed by atoms with Gasteiger partial charge in [0.05, 0.1) is 0 Å². The summed E-state index contributed by atoms with van der Waals surface area (Å²) in [7, 11) is 0. The minimum Gasteiger partial charge on any atom is -0.340 e. The van der Waals surface area contributed by atoms with Gasteiger partial charge < -0.3 is 4.57 Å². The Bertz CT molecular complexity index is 740. The molecule has 0 saturated carbocycles. The summed E-state index contributed by atoms with van der Waals surface area (Å²) in [4.78, 5) is 0. The van der Waals surface area contributed by atoms with E-state index in [2.05, 4.69) is 75.6 Å². The Morgan fingerprint density at radius 3 is 1.59 bits per heavy atom. The molecule has 0 aliphatic carbocycles. The Labute approximate surface area is 133 Å². The molecule has 0 bridgehead atoms. The lowest BCUT2D eigenvalue weighted by Gasteiger charge is -2.10. The van der Waals surface area contributed by atoms with Crippen LogP contribution in [-0.4, -0.2) is 4.57 Å². The zero-order valence-electron chi connectivity index (χ0n) is 14.5. The summed E-state index contributed by atoms with van der Waals surface area (Å²) >= 11 is 0. The van der Waals surface area contributed by atoms with Crippen LogP contribution in [0.5, 0.6) is 0 Å². The zero-order valence-corrected chi connectivity index (χ0v) is 14.5. The lowest BCUT2D eigenvalue weighted by Crippen LogP contribution is -1.98. The molecule has 0 aliphatic rings. The highest BCUT2D eigenvalue weighted by Crippen LogP contribution is 2.33. The van der Waals surface area contributed by atoms with Gasteiger partial charge in [0, 0.05) is 28.4 Å². The SMILES string of the molecule is CCCn1c2cc(C(C)C)ccc2c2ccc(C(C)C)cc21. The van der Waals surface area contributed by atoms with Gasteiger partial charge >= 0.3 is 0 Å². The third kappa shape index (κ3) is 2.43. The van der Waals surface area contributed by atoms with Crippen LogP contribution in [0.2, 0.25) is 0 Å². The van der Waals surface area contributed by atoms with Crippen LogP contribution in [0, 0.1) is 0 Å². The van der Waals surface area contributed by atoms with Crippen LogP contribution in [0.1, 0.15) is 64.0 Å². The molecule has 1 heteroatoms. The van der Waals surface area contributed by atoms with Gasteiger partial charge in [-0.3, -0.25) is 0 Å². The smallest absolute Gasteiger partial charge is 0.0494 e. The second kappa shape index (κ2) is 5.79. The zero-order chi connectivity index (χ0) is 15.9. The largest absolute Gasteiger partial charge is 0.340 e. The van der Waals surface area contributed by atoms with Gasteiger partial charge in [0.15, 0.2) is 0 Å². The highest BCUT2D eigenvalue weighted by Gasteiger charge is 2.13. The molecule has 0 spiro atoms. The van der Waals surface area contributed by atoms with Gasteiger partial charge in [-0.15, -0.1) is 0 Å². The Morgan fingerprint density at radius 1 is 0.773 bits per heavy atom. The Morgan fingerprint density at radius 2 is 1.23 bits per heavy atom. The van der Waals surface area contributed by atoms with Crippen LogP contribution < -0.4 is 0 Å². The van der Waals surface area contributed by atoms with Crippen molar-refractivity contribution in [3.63, 3.8) is 0 Å². The molecule has 0 unspecified atom stereocenters. The minimum atomic E-state index is 0.573. The average Bonchev–Trinajstić information content (AvgIpc) is 2.80. The first kappa shape index (κ1) is 15.1. The molecule has 3 aromatic rings. The molecule has 3 rings (SSSR count). The maximum absolute atomic E-state index is 2.52. The van der Waals surface area contributed by atoms with Crippen LogP contribution in [0.4, 0.5) is 0 Å². The number of aromatic nitrogens is 1. The first-order chi connectivity index (χ1) is 10.5. The molecule has 0 saturated heterocycles. The van der Waals surface area contributed by atoms with E-state index in [4.69, 9.17) is 0 Å². The van der Waals surface area contributed by atoms with E-state index >= 15 is 0 Å². The summed E-state index contributed by atoms with van der Waals surface area (Å²) < 4.78 is 2.52. The van der Waals surface area contributed by atoms with E-state index in [1.807, 2.05) is 0 Å². The van der Waals surface area contributed by atoms with Gasteiger partial charge in [-0.1, -0.05) is 58.9 Å². The number of nitrogens with zero attached hydrogens (tertiary/aromatic N) is 1. The predicted molar refractivity (Wildman–Crippen MR) is 97.9 cm³/mol. The number of hydrogen-bond acceptors (Lipinski definition) is 0. The summed E-state index contributed by atoms with van der Waals surface area (Å²) in [6, 6.07) is 14.0. The van der Waals surface area contributed by atoms with Gasteiger partial charge in [0.2, 0.25) is 0 Å². The second-order valence-electron chi connectivity index (χ2n) is 7.01. The Balaban J connectivity index is 2.35. The molecule has 0 fully saturated rings. The van der Waals surface area contributed by atoms with Crippen molar-refractivity contribution >= 4 is 21.8 Å². The van der Waals surface area contributed by atoms with Crippen molar-refractivity contribution < 1.29 is 0 Å². The highest BCUT2D eigenvalue weighted by atomic mass is 15.0. The fourth-order valence-electron chi connectivity index (χ4n) is 3.31. The first-order valence-corrected chi connectivity index (χ1v) is 8.58. The Hall–Kier alpha value is -1.76. The Kier molecular flexibility index (Phi) is 3.99. The third-order valence-corrected chi connectivity index (χ3v) is 4.70. The monoisotopic (exact) mass is 293 g/mol. The summed E-state index contributed by atoms with van der Waals surface area (Å²) in [5.41, 5.74) is 5.64. The second-order valence-corrected chi connectivity index (χ2v) is 7.01. The standard InChI is InChI=1S/C21H27N/c1-6-11-22-20-12-16(14(2)3)7-9-18(20)19-10-8-17(15(4)5)13-21(19)22/h7-10,12-15H,6,11H2,1-5H3. The van der Waals surface area contributed by atoms with Crippen molar-refractivity contribution in [2.24, 2.45) is 0 Å². The fourth-order valence-corrected chi connectivity index (χ4v) is 3.31. The normalized spacial score (nSPS) is 12.1. The van der Waals surface area contributed by atoms with Crippen LogP contribution in [0.3, 0.4) is 0 Å². The van der Waals surface area contributed by atoms with E-state index in [1.54, 1.807) is 0 Å². The predicted octanol–water partition coefficient (Wildman–Crippen LogP) is 6.45. The minimum absolute atomic E-state index is 0.573. The molecule has 2 aromatic carbocycles. The van der Waals surface area contributed by atoms with Crippen molar-refractivity contribution in [2.45, 2.75) is 59.4 Å². The van der Waals surface area contributed by atoms with E-state index in [0.717, 1.165) is 13.0 Å². The number of fused-ring (bicyclic) bond motifs is 3. The number of rotatable bonds is 4. The van der Waals surface area contributed by atoms with Gasteiger partial charge in [0.25, 0.3) is 0 Å². The maximum Gasteiger partial charge on any atom is 0.0494 e. The molecule has 116 valence electrons. The van der Waals surface area contributed by atoms with Crippen molar-refractivity contribution in [2.75, 3.05) is 0 Å². The first-order valence-electron chi connectivity index (χ1n) is 8.58. The average molecular weight is 293 g/mol. The molecule has 0 amide bonds. The topological polar surface area (TPSA) is 4.93 Å². The molecule has 0 atom stereocenters. The number of aryl methyl sites for hydroxylation is 1. The quantitative estimate of drug-likeness (QED) is 0.521. The van der Waals surface area contributed by atoms with Crippen molar-refractivity contribution in [3.05, 3.63) is 47.5 Å². The van der Waals surface area contributed by atoms with Gasteiger partial charge in [0.1, 0.15) is 0 Å². The summed E-state index contributed by atoms with van der Waals surface area (Å²) in [5, 5.41) is 2.78. The van der Waals surface area contributed by atoms with Crippen molar-refractivity contribution in [1.82, 2.24) is 4.57 Å². The third-order valence-electron chi connectivity index (χ3n) is 4.70. The van der Waals surface area contributed by atoms with E-state index in [-0.39, 0.29) is 0 Å². The fraction of sp³-hybridized carbons (Fsp3) is 0.429.